The van der Waals surface area contributed by atoms with Crippen LogP contribution in [0, 0.1) is 0 Å². The van der Waals surface area contributed by atoms with Gasteiger partial charge in [0.2, 0.25) is 0 Å². The van der Waals surface area contributed by atoms with Crippen LogP contribution in [-0.4, -0.2) is 24.7 Å². The van der Waals surface area contributed by atoms with Crippen molar-refractivity contribution in [2.24, 2.45) is 0 Å². The molecular weight excluding hydrogens is 136 g/mol. The maximum absolute atomic E-state index is 3.54. The second-order valence-electron chi connectivity index (χ2n) is 3.90. The van der Waals surface area contributed by atoms with Crippen LogP contribution in [0.1, 0.15) is 33.6 Å². The van der Waals surface area contributed by atoms with Gasteiger partial charge in [-0.15, -0.1) is 0 Å². The molecule has 0 amide bonds. The molecule has 0 aliphatic carbocycles. The van der Waals surface area contributed by atoms with Crippen molar-refractivity contribution >= 4 is 0 Å². The van der Waals surface area contributed by atoms with Gasteiger partial charge in [-0.3, -0.25) is 0 Å². The first-order valence-corrected chi connectivity index (χ1v) is 4.68. The summed E-state index contributed by atoms with van der Waals surface area (Å²) in [6, 6.07) is 2.04. The van der Waals surface area contributed by atoms with E-state index in [0.29, 0.717) is 12.1 Å². The number of hydrogen-bond donors (Lipinski definition) is 2. The van der Waals surface area contributed by atoms with Crippen LogP contribution in [0.3, 0.4) is 0 Å². The third-order valence-electron chi connectivity index (χ3n) is 2.23. The van der Waals surface area contributed by atoms with Crippen molar-refractivity contribution in [2.45, 2.75) is 51.7 Å². The van der Waals surface area contributed by atoms with Crippen LogP contribution >= 0.6 is 0 Å². The van der Waals surface area contributed by atoms with Crippen molar-refractivity contribution < 1.29 is 0 Å². The molecule has 1 aliphatic heterocycles. The molecule has 2 nitrogen and oxygen atoms in total. The Morgan fingerprint density at radius 1 is 1.36 bits per heavy atom. The average Bonchev–Trinajstić information content (AvgIpc) is 1.93. The molecule has 0 bridgehead atoms. The molecule has 0 spiro atoms. The van der Waals surface area contributed by atoms with Crippen molar-refractivity contribution in [1.82, 2.24) is 10.6 Å². The summed E-state index contributed by atoms with van der Waals surface area (Å²) in [5, 5.41) is 7.01. The molecule has 1 heterocycles. The fourth-order valence-corrected chi connectivity index (χ4v) is 1.61. The Kier molecular flexibility index (Phi) is 3.34. The molecule has 0 aromatic heterocycles. The van der Waals surface area contributed by atoms with Crippen LogP contribution in [0.4, 0.5) is 0 Å². The number of piperidine rings is 1. The molecule has 0 saturated carbocycles. The van der Waals surface area contributed by atoms with Gasteiger partial charge < -0.3 is 10.6 Å². The molecule has 11 heavy (non-hydrogen) atoms. The van der Waals surface area contributed by atoms with Gasteiger partial charge in [0.15, 0.2) is 0 Å². The third kappa shape index (κ3) is 3.21. The minimum atomic E-state index is 0.621. The Balaban J connectivity index is 2.17. The molecule has 2 atom stereocenters. The number of hydrogen-bond acceptors (Lipinski definition) is 2. The van der Waals surface area contributed by atoms with Crippen LogP contribution < -0.4 is 10.6 Å². The van der Waals surface area contributed by atoms with Gasteiger partial charge in [-0.2, -0.15) is 0 Å². The molecule has 2 N–H and O–H groups in total. The topological polar surface area (TPSA) is 24.1 Å². The summed E-state index contributed by atoms with van der Waals surface area (Å²) in [6.07, 6.45) is 2.64. The lowest BCUT2D eigenvalue weighted by atomic mass is 10.0. The van der Waals surface area contributed by atoms with Crippen LogP contribution in [0.25, 0.3) is 0 Å². The lowest BCUT2D eigenvalue weighted by molar-refractivity contribution is 0.323. The molecule has 0 aromatic rings. The molecule has 1 rings (SSSR count). The van der Waals surface area contributed by atoms with Gasteiger partial charge in [-0.05, 0) is 19.8 Å². The van der Waals surface area contributed by atoms with Crippen molar-refractivity contribution in [3.8, 4) is 0 Å². The van der Waals surface area contributed by atoms with E-state index in [1.165, 1.54) is 12.8 Å². The molecule has 1 aliphatic rings. The normalized spacial score (nSPS) is 32.7. The number of nitrogens with one attached hydrogen (secondary N) is 2. The second-order valence-corrected chi connectivity index (χ2v) is 3.90. The van der Waals surface area contributed by atoms with E-state index in [4.69, 9.17) is 0 Å². The molecule has 1 fully saturated rings. The van der Waals surface area contributed by atoms with Crippen LogP contribution in [0.2, 0.25) is 0 Å². The SMILES string of the molecule is CC(C)N[C@@H]1CC[C@H](C)NC1. The van der Waals surface area contributed by atoms with E-state index in [1.54, 1.807) is 0 Å². The van der Waals surface area contributed by atoms with E-state index in [1.807, 2.05) is 0 Å². The van der Waals surface area contributed by atoms with Crippen LogP contribution in [-0.2, 0) is 0 Å². The second kappa shape index (κ2) is 4.07. The number of rotatable bonds is 2. The molecule has 0 unspecified atom stereocenters. The van der Waals surface area contributed by atoms with Gasteiger partial charge in [0.05, 0.1) is 0 Å². The minimum absolute atomic E-state index is 0.621. The highest BCUT2D eigenvalue weighted by molar-refractivity contribution is 4.80. The minimum Gasteiger partial charge on any atom is -0.313 e. The highest BCUT2D eigenvalue weighted by Crippen LogP contribution is 2.07. The highest BCUT2D eigenvalue weighted by Gasteiger charge is 2.16. The largest absolute Gasteiger partial charge is 0.313 e. The summed E-state index contributed by atoms with van der Waals surface area (Å²) in [5.74, 6) is 0. The van der Waals surface area contributed by atoms with E-state index in [9.17, 15) is 0 Å². The van der Waals surface area contributed by atoms with Gasteiger partial charge in [0.25, 0.3) is 0 Å². The predicted octanol–water partition coefficient (Wildman–Crippen LogP) is 1.12. The lowest BCUT2D eigenvalue weighted by Gasteiger charge is -2.29. The fraction of sp³-hybridized carbons (Fsp3) is 1.00. The van der Waals surface area contributed by atoms with Crippen LogP contribution in [0.15, 0.2) is 0 Å². The maximum Gasteiger partial charge on any atom is 0.0195 e. The quantitative estimate of drug-likeness (QED) is 0.626. The zero-order valence-electron chi connectivity index (χ0n) is 7.85. The molecule has 0 radical (unpaired) electrons. The Bertz CT molecular complexity index is 104. The summed E-state index contributed by atoms with van der Waals surface area (Å²) in [4.78, 5) is 0. The highest BCUT2D eigenvalue weighted by atomic mass is 15.0. The Morgan fingerprint density at radius 2 is 2.09 bits per heavy atom. The first-order valence-electron chi connectivity index (χ1n) is 4.68. The molecule has 0 aromatic carbocycles. The molecule has 2 heteroatoms. The van der Waals surface area contributed by atoms with Crippen molar-refractivity contribution in [1.29, 1.82) is 0 Å². The first kappa shape index (κ1) is 9.01. The van der Waals surface area contributed by atoms with Crippen LogP contribution in [0.5, 0.6) is 0 Å². The van der Waals surface area contributed by atoms with Gasteiger partial charge >= 0.3 is 0 Å². The van der Waals surface area contributed by atoms with E-state index < -0.39 is 0 Å². The summed E-state index contributed by atoms with van der Waals surface area (Å²) in [7, 11) is 0. The average molecular weight is 156 g/mol. The first-order chi connectivity index (χ1) is 5.18. The van der Waals surface area contributed by atoms with E-state index in [-0.39, 0.29) is 0 Å². The Labute approximate surface area is 69.8 Å². The van der Waals surface area contributed by atoms with E-state index in [2.05, 4.69) is 31.4 Å². The Morgan fingerprint density at radius 3 is 2.55 bits per heavy atom. The standard InChI is InChI=1S/C9H20N2/c1-7(2)11-9-5-4-8(3)10-6-9/h7-11H,4-6H2,1-3H3/t8-,9+/m0/s1. The molecule has 1 saturated heterocycles. The van der Waals surface area contributed by atoms with Crippen molar-refractivity contribution in [3.63, 3.8) is 0 Å². The van der Waals surface area contributed by atoms with Gasteiger partial charge in [0.1, 0.15) is 0 Å². The lowest BCUT2D eigenvalue weighted by Crippen LogP contribution is -2.48. The molecule has 66 valence electrons. The third-order valence-corrected chi connectivity index (χ3v) is 2.23. The van der Waals surface area contributed by atoms with Crippen molar-refractivity contribution in [3.05, 3.63) is 0 Å². The zero-order valence-corrected chi connectivity index (χ0v) is 7.85. The predicted molar refractivity (Wildman–Crippen MR) is 48.8 cm³/mol. The summed E-state index contributed by atoms with van der Waals surface area (Å²) < 4.78 is 0. The monoisotopic (exact) mass is 156 g/mol. The molecular formula is C9H20N2. The van der Waals surface area contributed by atoms with Crippen molar-refractivity contribution in [2.75, 3.05) is 6.54 Å². The van der Waals surface area contributed by atoms with E-state index in [0.717, 1.165) is 12.6 Å². The van der Waals surface area contributed by atoms with Gasteiger partial charge in [0, 0.05) is 24.7 Å². The van der Waals surface area contributed by atoms with Gasteiger partial charge in [-0.1, -0.05) is 13.8 Å². The van der Waals surface area contributed by atoms with E-state index >= 15 is 0 Å². The fourth-order valence-electron chi connectivity index (χ4n) is 1.61. The smallest absolute Gasteiger partial charge is 0.0195 e. The van der Waals surface area contributed by atoms with Gasteiger partial charge in [-0.25, -0.2) is 0 Å². The summed E-state index contributed by atoms with van der Waals surface area (Å²) in [5.41, 5.74) is 0. The summed E-state index contributed by atoms with van der Waals surface area (Å²) in [6.45, 7) is 7.81. The zero-order chi connectivity index (χ0) is 8.27. The Hall–Kier alpha value is -0.0800. The summed E-state index contributed by atoms with van der Waals surface area (Å²) >= 11 is 0. The maximum atomic E-state index is 3.54.